The van der Waals surface area contributed by atoms with Gasteiger partial charge in [0.2, 0.25) is 5.13 Å². The Morgan fingerprint density at radius 3 is 2.84 bits per heavy atom. The molecule has 0 unspecified atom stereocenters. The van der Waals surface area contributed by atoms with E-state index in [0.717, 1.165) is 40.5 Å². The number of benzene rings is 2. The molecule has 0 amide bonds. The predicted molar refractivity (Wildman–Crippen MR) is 105 cm³/mol. The monoisotopic (exact) mass is 388 g/mol. The van der Waals surface area contributed by atoms with Gasteiger partial charge in [0.25, 0.3) is 0 Å². The third kappa shape index (κ3) is 3.30. The number of aryl methyl sites for hydroxylation is 2. The number of aliphatic imine (C=N–C) groups is 1. The van der Waals surface area contributed by atoms with Gasteiger partial charge in [0.15, 0.2) is 0 Å². The topological polar surface area (TPSA) is 34.5 Å². The molecule has 0 aliphatic heterocycles. The Labute approximate surface area is 159 Å². The van der Waals surface area contributed by atoms with E-state index in [1.54, 1.807) is 36.8 Å². The summed E-state index contributed by atoms with van der Waals surface area (Å²) >= 11 is 13.7. The van der Waals surface area contributed by atoms with E-state index in [1.807, 2.05) is 12.1 Å². The van der Waals surface area contributed by atoms with Crippen LogP contribution in [0, 0.1) is 0 Å². The van der Waals surface area contributed by atoms with Crippen LogP contribution in [-0.4, -0.2) is 18.3 Å². The van der Waals surface area contributed by atoms with Crippen LogP contribution in [0.3, 0.4) is 0 Å². The average molecular weight is 389 g/mol. The molecule has 1 aliphatic rings. The molecule has 1 aromatic heterocycles. The number of aromatic nitrogens is 1. The third-order valence-corrected chi connectivity index (χ3v) is 5.74. The molecule has 3 nitrogen and oxygen atoms in total. The van der Waals surface area contributed by atoms with Crippen LogP contribution in [0.15, 0.2) is 41.4 Å². The Balaban J connectivity index is 1.68. The SMILES string of the molecule is COc1ccc2c(c1)-c1nc(N=Cc3ccc(Cl)cc3Cl)sc1CC2. The van der Waals surface area contributed by atoms with E-state index in [2.05, 4.69) is 17.1 Å². The van der Waals surface area contributed by atoms with Gasteiger partial charge in [-0.1, -0.05) is 46.7 Å². The van der Waals surface area contributed by atoms with Gasteiger partial charge in [-0.2, -0.15) is 0 Å². The molecule has 0 bridgehead atoms. The number of thiazole rings is 1. The fraction of sp³-hybridized carbons (Fsp3) is 0.158. The smallest absolute Gasteiger partial charge is 0.209 e. The Kier molecular flexibility index (Phi) is 4.50. The molecule has 1 aliphatic carbocycles. The highest BCUT2D eigenvalue weighted by Crippen LogP contribution is 2.40. The van der Waals surface area contributed by atoms with Gasteiger partial charge in [0.1, 0.15) is 5.75 Å². The largest absolute Gasteiger partial charge is 0.497 e. The van der Waals surface area contributed by atoms with E-state index >= 15 is 0 Å². The summed E-state index contributed by atoms with van der Waals surface area (Å²) in [5, 5.41) is 1.91. The molecular formula is C19H14Cl2N2OS. The van der Waals surface area contributed by atoms with Crippen LogP contribution in [0.4, 0.5) is 5.13 Å². The van der Waals surface area contributed by atoms with Gasteiger partial charge < -0.3 is 4.74 Å². The second-order valence-corrected chi connectivity index (χ2v) is 7.62. The Hall–Kier alpha value is -1.88. The van der Waals surface area contributed by atoms with Crippen molar-refractivity contribution in [2.45, 2.75) is 12.8 Å². The summed E-state index contributed by atoms with van der Waals surface area (Å²) < 4.78 is 5.35. The first-order valence-electron chi connectivity index (χ1n) is 7.80. The van der Waals surface area contributed by atoms with Crippen molar-refractivity contribution >= 4 is 45.9 Å². The quantitative estimate of drug-likeness (QED) is 0.517. The number of ether oxygens (including phenoxy) is 1. The minimum Gasteiger partial charge on any atom is -0.497 e. The van der Waals surface area contributed by atoms with Crippen LogP contribution in [0.2, 0.25) is 10.0 Å². The highest BCUT2D eigenvalue weighted by Gasteiger charge is 2.21. The summed E-state index contributed by atoms with van der Waals surface area (Å²) in [5.41, 5.74) is 4.28. The fourth-order valence-corrected chi connectivity index (χ4v) is 4.25. The highest BCUT2D eigenvalue weighted by molar-refractivity contribution is 7.15. The van der Waals surface area contributed by atoms with Crippen molar-refractivity contribution < 1.29 is 4.74 Å². The molecule has 0 N–H and O–H groups in total. The second kappa shape index (κ2) is 6.79. The van der Waals surface area contributed by atoms with Crippen molar-refractivity contribution in [1.82, 2.24) is 4.98 Å². The number of hydrogen-bond donors (Lipinski definition) is 0. The molecule has 3 aromatic rings. The van der Waals surface area contributed by atoms with Crippen LogP contribution in [0.1, 0.15) is 16.0 Å². The molecule has 0 saturated heterocycles. The maximum absolute atomic E-state index is 6.19. The molecule has 0 spiro atoms. The van der Waals surface area contributed by atoms with Crippen LogP contribution in [0.25, 0.3) is 11.3 Å². The zero-order chi connectivity index (χ0) is 17.4. The second-order valence-electron chi connectivity index (χ2n) is 5.72. The summed E-state index contributed by atoms with van der Waals surface area (Å²) in [6.45, 7) is 0. The van der Waals surface area contributed by atoms with E-state index in [0.29, 0.717) is 10.0 Å². The maximum Gasteiger partial charge on any atom is 0.209 e. The van der Waals surface area contributed by atoms with E-state index < -0.39 is 0 Å². The molecule has 126 valence electrons. The normalized spacial score (nSPS) is 12.9. The van der Waals surface area contributed by atoms with Gasteiger partial charge >= 0.3 is 0 Å². The van der Waals surface area contributed by atoms with E-state index in [-0.39, 0.29) is 0 Å². The first-order chi connectivity index (χ1) is 12.1. The Bertz CT molecular complexity index is 982. The molecule has 0 radical (unpaired) electrons. The number of rotatable bonds is 3. The van der Waals surface area contributed by atoms with Crippen molar-refractivity contribution in [2.24, 2.45) is 4.99 Å². The standard InChI is InChI=1S/C19H14Cl2N2OS/c1-24-14-6-3-11-4-7-17-18(15(11)9-14)23-19(25-17)22-10-12-2-5-13(20)8-16(12)21/h2-3,5-6,8-10H,4,7H2,1H3. The third-order valence-electron chi connectivity index (χ3n) is 4.16. The number of hydrogen-bond acceptors (Lipinski definition) is 4. The molecule has 0 fully saturated rings. The Morgan fingerprint density at radius 2 is 2.04 bits per heavy atom. The molecule has 2 aromatic carbocycles. The molecule has 0 atom stereocenters. The summed E-state index contributed by atoms with van der Waals surface area (Å²) in [7, 11) is 1.68. The number of methoxy groups -OCH3 is 1. The number of fused-ring (bicyclic) bond motifs is 3. The summed E-state index contributed by atoms with van der Waals surface area (Å²) in [5.74, 6) is 0.845. The highest BCUT2D eigenvalue weighted by atomic mass is 35.5. The molecule has 4 rings (SSSR count). The lowest BCUT2D eigenvalue weighted by atomic mass is 9.93. The van der Waals surface area contributed by atoms with Gasteiger partial charge in [-0.05, 0) is 42.7 Å². The molecule has 25 heavy (non-hydrogen) atoms. The minimum atomic E-state index is 0.577. The van der Waals surface area contributed by atoms with Crippen LogP contribution < -0.4 is 4.74 Å². The van der Waals surface area contributed by atoms with Crippen molar-refractivity contribution in [3.8, 4) is 17.0 Å². The van der Waals surface area contributed by atoms with Crippen LogP contribution >= 0.6 is 34.5 Å². The number of halogens is 2. The first-order valence-corrected chi connectivity index (χ1v) is 9.37. The zero-order valence-corrected chi connectivity index (χ0v) is 15.8. The maximum atomic E-state index is 6.19. The van der Waals surface area contributed by atoms with Crippen molar-refractivity contribution in [3.05, 3.63) is 62.4 Å². The summed E-state index contributed by atoms with van der Waals surface area (Å²) in [6.07, 6.45) is 3.74. The lowest BCUT2D eigenvalue weighted by molar-refractivity contribution is 0.415. The van der Waals surface area contributed by atoms with Crippen LogP contribution in [0.5, 0.6) is 5.75 Å². The van der Waals surface area contributed by atoms with Gasteiger partial charge in [-0.25, -0.2) is 9.98 Å². The van der Waals surface area contributed by atoms with Crippen molar-refractivity contribution in [3.63, 3.8) is 0 Å². The zero-order valence-electron chi connectivity index (χ0n) is 13.4. The van der Waals surface area contributed by atoms with Crippen molar-refractivity contribution in [2.75, 3.05) is 7.11 Å². The van der Waals surface area contributed by atoms with Gasteiger partial charge in [-0.3, -0.25) is 0 Å². The molecule has 1 heterocycles. The molecule has 6 heteroatoms. The minimum absolute atomic E-state index is 0.577. The lowest BCUT2D eigenvalue weighted by Gasteiger charge is -2.15. The van der Waals surface area contributed by atoms with Crippen LogP contribution in [-0.2, 0) is 12.8 Å². The molecular weight excluding hydrogens is 375 g/mol. The first kappa shape index (κ1) is 16.6. The summed E-state index contributed by atoms with van der Waals surface area (Å²) in [4.78, 5) is 10.5. The summed E-state index contributed by atoms with van der Waals surface area (Å²) in [6, 6.07) is 11.5. The molecule has 0 saturated carbocycles. The lowest BCUT2D eigenvalue weighted by Crippen LogP contribution is -2.02. The Morgan fingerprint density at radius 1 is 1.16 bits per heavy atom. The number of nitrogens with zero attached hydrogens (tertiary/aromatic N) is 2. The van der Waals surface area contributed by atoms with E-state index in [1.165, 1.54) is 10.4 Å². The van der Waals surface area contributed by atoms with Crippen molar-refractivity contribution in [1.29, 1.82) is 0 Å². The van der Waals surface area contributed by atoms with Gasteiger partial charge in [-0.15, -0.1) is 0 Å². The average Bonchev–Trinajstić information content (AvgIpc) is 3.04. The predicted octanol–water partition coefficient (Wildman–Crippen LogP) is 5.97. The fourth-order valence-electron chi connectivity index (χ4n) is 2.87. The van der Waals surface area contributed by atoms with E-state index in [4.69, 9.17) is 32.9 Å². The van der Waals surface area contributed by atoms with Gasteiger partial charge in [0.05, 0.1) is 17.8 Å². The van der Waals surface area contributed by atoms with E-state index in [9.17, 15) is 0 Å². The van der Waals surface area contributed by atoms with Gasteiger partial charge in [0, 0.05) is 27.2 Å².